The SMILES string of the molecule is CCCOc1c(I)cc(/C=C(\C#N)C(=O)Nc2ccc(OCc3ccccc3)cc2)cc1OCC. The van der Waals surface area contributed by atoms with Gasteiger partial charge < -0.3 is 19.5 Å². The highest BCUT2D eigenvalue weighted by Crippen LogP contribution is 2.35. The highest BCUT2D eigenvalue weighted by atomic mass is 127. The number of rotatable bonds is 11. The molecule has 0 saturated carbocycles. The van der Waals surface area contributed by atoms with Gasteiger partial charge in [0.2, 0.25) is 0 Å². The molecule has 3 aromatic rings. The van der Waals surface area contributed by atoms with Crippen molar-refractivity contribution >= 4 is 40.3 Å². The minimum Gasteiger partial charge on any atom is -0.490 e. The maximum Gasteiger partial charge on any atom is 0.266 e. The lowest BCUT2D eigenvalue weighted by Crippen LogP contribution is -2.13. The van der Waals surface area contributed by atoms with Crippen LogP contribution in [-0.4, -0.2) is 19.1 Å². The molecule has 0 radical (unpaired) electrons. The molecule has 35 heavy (non-hydrogen) atoms. The van der Waals surface area contributed by atoms with E-state index in [0.29, 0.717) is 48.3 Å². The lowest BCUT2D eigenvalue weighted by molar-refractivity contribution is -0.112. The molecule has 0 heterocycles. The van der Waals surface area contributed by atoms with Crippen molar-refractivity contribution in [3.63, 3.8) is 0 Å². The first kappa shape index (κ1) is 26.1. The van der Waals surface area contributed by atoms with Gasteiger partial charge in [-0.25, -0.2) is 0 Å². The zero-order valence-corrected chi connectivity index (χ0v) is 21.9. The van der Waals surface area contributed by atoms with Crippen molar-refractivity contribution in [1.29, 1.82) is 5.26 Å². The molecule has 0 aliphatic carbocycles. The number of hydrogen-bond acceptors (Lipinski definition) is 5. The standard InChI is InChI=1S/C28H27IN2O4/c1-3-14-34-27-25(29)16-21(17-26(27)33-4-2)15-22(18-30)28(32)31-23-10-12-24(13-11-23)35-19-20-8-6-5-7-9-20/h5-13,15-17H,3-4,14,19H2,1-2H3,(H,31,32)/b22-15+. The van der Waals surface area contributed by atoms with Crippen LogP contribution in [0.5, 0.6) is 17.2 Å². The quantitative estimate of drug-likeness (QED) is 0.157. The number of ether oxygens (including phenoxy) is 3. The molecule has 0 aliphatic heterocycles. The van der Waals surface area contributed by atoms with Gasteiger partial charge in [-0.1, -0.05) is 37.3 Å². The number of hydrogen-bond donors (Lipinski definition) is 1. The molecule has 1 N–H and O–H groups in total. The second-order valence-electron chi connectivity index (χ2n) is 7.53. The van der Waals surface area contributed by atoms with Crippen molar-refractivity contribution in [2.45, 2.75) is 26.9 Å². The molecule has 0 atom stereocenters. The van der Waals surface area contributed by atoms with Crippen LogP contribution in [0.25, 0.3) is 6.08 Å². The molecule has 0 bridgehead atoms. The summed E-state index contributed by atoms with van der Waals surface area (Å²) in [5.41, 5.74) is 2.30. The van der Waals surface area contributed by atoms with E-state index in [1.54, 1.807) is 36.4 Å². The first-order valence-corrected chi connectivity index (χ1v) is 12.4. The Bertz CT molecular complexity index is 1200. The van der Waals surface area contributed by atoms with Gasteiger partial charge in [-0.05, 0) is 89.5 Å². The zero-order chi connectivity index (χ0) is 25.0. The maximum absolute atomic E-state index is 12.8. The molecule has 7 heteroatoms. The van der Waals surface area contributed by atoms with E-state index in [9.17, 15) is 10.1 Å². The van der Waals surface area contributed by atoms with Crippen molar-refractivity contribution in [1.82, 2.24) is 0 Å². The van der Waals surface area contributed by atoms with Gasteiger partial charge in [0.1, 0.15) is 24.0 Å². The fourth-order valence-electron chi connectivity index (χ4n) is 3.17. The van der Waals surface area contributed by atoms with Crippen LogP contribution >= 0.6 is 22.6 Å². The molecule has 180 valence electrons. The number of amides is 1. The van der Waals surface area contributed by atoms with Crippen molar-refractivity contribution in [3.8, 4) is 23.3 Å². The van der Waals surface area contributed by atoms with Crippen molar-refractivity contribution in [2.75, 3.05) is 18.5 Å². The minimum absolute atomic E-state index is 0.0186. The van der Waals surface area contributed by atoms with E-state index in [4.69, 9.17) is 14.2 Å². The van der Waals surface area contributed by atoms with Crippen LogP contribution in [0, 0.1) is 14.9 Å². The molecule has 0 saturated heterocycles. The maximum atomic E-state index is 12.8. The summed E-state index contributed by atoms with van der Waals surface area (Å²) in [5, 5.41) is 12.4. The normalized spacial score (nSPS) is 10.9. The summed E-state index contributed by atoms with van der Waals surface area (Å²) in [4.78, 5) is 12.8. The second-order valence-corrected chi connectivity index (χ2v) is 8.70. The fourth-order valence-corrected chi connectivity index (χ4v) is 3.95. The molecular formula is C28H27IN2O4. The van der Waals surface area contributed by atoms with Gasteiger partial charge in [0, 0.05) is 5.69 Å². The smallest absolute Gasteiger partial charge is 0.266 e. The zero-order valence-electron chi connectivity index (χ0n) is 19.7. The fraction of sp³-hybridized carbons (Fsp3) is 0.214. The van der Waals surface area contributed by atoms with Gasteiger partial charge in [0.05, 0.1) is 16.8 Å². The molecule has 3 aromatic carbocycles. The number of nitrogens with one attached hydrogen (secondary N) is 1. The minimum atomic E-state index is -0.496. The summed E-state index contributed by atoms with van der Waals surface area (Å²) in [6.45, 7) is 5.44. The van der Waals surface area contributed by atoms with Gasteiger partial charge in [-0.15, -0.1) is 0 Å². The topological polar surface area (TPSA) is 80.6 Å². The summed E-state index contributed by atoms with van der Waals surface area (Å²) in [5.74, 6) is 1.45. The summed E-state index contributed by atoms with van der Waals surface area (Å²) in [6.07, 6.45) is 2.42. The predicted molar refractivity (Wildman–Crippen MR) is 146 cm³/mol. The van der Waals surface area contributed by atoms with Gasteiger partial charge >= 0.3 is 0 Å². The highest BCUT2D eigenvalue weighted by Gasteiger charge is 2.14. The van der Waals surface area contributed by atoms with Crippen molar-refractivity contribution < 1.29 is 19.0 Å². The van der Waals surface area contributed by atoms with Crippen LogP contribution in [0.3, 0.4) is 0 Å². The number of halogens is 1. The average Bonchev–Trinajstić information content (AvgIpc) is 2.87. The van der Waals surface area contributed by atoms with Crippen LogP contribution < -0.4 is 19.5 Å². The highest BCUT2D eigenvalue weighted by molar-refractivity contribution is 14.1. The van der Waals surface area contributed by atoms with Gasteiger partial charge in [0.15, 0.2) is 11.5 Å². The Morgan fingerprint density at radius 1 is 1.03 bits per heavy atom. The van der Waals surface area contributed by atoms with E-state index >= 15 is 0 Å². The van der Waals surface area contributed by atoms with Crippen molar-refractivity contribution in [2.24, 2.45) is 0 Å². The Balaban J connectivity index is 1.70. The Morgan fingerprint density at radius 3 is 2.43 bits per heavy atom. The average molecular weight is 582 g/mol. The first-order valence-electron chi connectivity index (χ1n) is 11.3. The van der Waals surface area contributed by atoms with E-state index < -0.39 is 5.91 Å². The number of benzene rings is 3. The van der Waals surface area contributed by atoms with Crippen LogP contribution in [0.4, 0.5) is 5.69 Å². The van der Waals surface area contributed by atoms with E-state index in [0.717, 1.165) is 15.6 Å². The van der Waals surface area contributed by atoms with Crippen LogP contribution in [0.15, 0.2) is 72.3 Å². The molecule has 1 amide bonds. The largest absolute Gasteiger partial charge is 0.490 e. The molecule has 0 spiro atoms. The molecule has 0 unspecified atom stereocenters. The van der Waals surface area contributed by atoms with Crippen LogP contribution in [-0.2, 0) is 11.4 Å². The third-order valence-corrected chi connectivity index (χ3v) is 5.62. The number of carbonyl (C=O) groups excluding carboxylic acids is 1. The van der Waals surface area contributed by atoms with E-state index in [-0.39, 0.29) is 5.57 Å². The van der Waals surface area contributed by atoms with Crippen molar-refractivity contribution in [3.05, 3.63) is 87.0 Å². The summed E-state index contributed by atoms with van der Waals surface area (Å²) < 4.78 is 18.2. The number of nitriles is 1. The lowest BCUT2D eigenvalue weighted by atomic mass is 10.1. The predicted octanol–water partition coefficient (Wildman–Crippen LogP) is 6.60. The summed E-state index contributed by atoms with van der Waals surface area (Å²) in [7, 11) is 0. The Morgan fingerprint density at radius 2 is 1.77 bits per heavy atom. The Kier molecular flexibility index (Phi) is 9.99. The monoisotopic (exact) mass is 582 g/mol. The number of nitrogens with zero attached hydrogens (tertiary/aromatic N) is 1. The second kappa shape index (κ2) is 13.4. The van der Waals surface area contributed by atoms with Crippen LogP contribution in [0.1, 0.15) is 31.4 Å². The summed E-state index contributed by atoms with van der Waals surface area (Å²) in [6, 6.07) is 22.5. The van der Waals surface area contributed by atoms with E-state index in [1.807, 2.05) is 56.3 Å². The van der Waals surface area contributed by atoms with E-state index in [1.165, 1.54) is 0 Å². The number of anilines is 1. The Labute approximate surface area is 219 Å². The summed E-state index contributed by atoms with van der Waals surface area (Å²) >= 11 is 2.17. The molecule has 0 aromatic heterocycles. The van der Waals surface area contributed by atoms with E-state index in [2.05, 4.69) is 27.9 Å². The Hall–Kier alpha value is -3.51. The molecule has 6 nitrogen and oxygen atoms in total. The molecular weight excluding hydrogens is 555 g/mol. The lowest BCUT2D eigenvalue weighted by Gasteiger charge is -2.14. The third kappa shape index (κ3) is 7.76. The third-order valence-electron chi connectivity index (χ3n) is 4.82. The number of carbonyl (C=O) groups is 1. The van der Waals surface area contributed by atoms with Gasteiger partial charge in [0.25, 0.3) is 5.91 Å². The van der Waals surface area contributed by atoms with Gasteiger partial charge in [-0.2, -0.15) is 5.26 Å². The van der Waals surface area contributed by atoms with Gasteiger partial charge in [-0.3, -0.25) is 4.79 Å². The first-order chi connectivity index (χ1) is 17.0. The molecule has 0 aliphatic rings. The molecule has 0 fully saturated rings. The van der Waals surface area contributed by atoms with Crippen LogP contribution in [0.2, 0.25) is 0 Å². The molecule has 3 rings (SSSR count).